The largest absolute Gasteiger partial charge is 0.490 e. The van der Waals surface area contributed by atoms with E-state index in [9.17, 15) is 18.0 Å². The predicted octanol–water partition coefficient (Wildman–Crippen LogP) is 2.16. The van der Waals surface area contributed by atoms with Gasteiger partial charge in [-0.2, -0.15) is 18.4 Å². The number of ketones is 1. The smallest absolute Gasteiger partial charge is 0.475 e. The standard InChI is InChI=1S/C12H9N3O.C2HF3O2/c1-15-8-14-7-11(15)12(16)10-4-2-9(6-13)3-5-10;3-2(4,5)1(6)7/h2-5,7-8H,1H3;(H,6,7). The summed E-state index contributed by atoms with van der Waals surface area (Å²) in [6.07, 6.45) is -1.97. The van der Waals surface area contributed by atoms with Gasteiger partial charge in [-0.25, -0.2) is 9.78 Å². The molecular weight excluding hydrogens is 315 g/mol. The molecule has 0 unspecified atom stereocenters. The van der Waals surface area contributed by atoms with E-state index in [4.69, 9.17) is 15.2 Å². The average Bonchev–Trinajstić information content (AvgIpc) is 2.92. The van der Waals surface area contributed by atoms with E-state index in [-0.39, 0.29) is 5.78 Å². The van der Waals surface area contributed by atoms with Gasteiger partial charge in [-0.3, -0.25) is 4.79 Å². The van der Waals surface area contributed by atoms with Crippen LogP contribution in [0.5, 0.6) is 0 Å². The number of carbonyl (C=O) groups is 2. The van der Waals surface area contributed by atoms with Crippen molar-refractivity contribution in [2.24, 2.45) is 7.05 Å². The van der Waals surface area contributed by atoms with Crippen LogP contribution < -0.4 is 0 Å². The number of aryl methyl sites for hydroxylation is 1. The number of rotatable bonds is 2. The Kier molecular flexibility index (Phi) is 5.62. The van der Waals surface area contributed by atoms with Crippen molar-refractivity contribution in [2.45, 2.75) is 6.18 Å². The predicted molar refractivity (Wildman–Crippen MR) is 71.5 cm³/mol. The number of imidazole rings is 1. The van der Waals surface area contributed by atoms with Gasteiger partial charge in [0.05, 0.1) is 24.2 Å². The minimum absolute atomic E-state index is 0.0931. The lowest BCUT2D eigenvalue weighted by molar-refractivity contribution is -0.192. The van der Waals surface area contributed by atoms with E-state index >= 15 is 0 Å². The van der Waals surface area contributed by atoms with Crippen LogP contribution in [0.25, 0.3) is 0 Å². The highest BCUT2D eigenvalue weighted by molar-refractivity contribution is 6.07. The molecule has 0 radical (unpaired) electrons. The van der Waals surface area contributed by atoms with Crippen LogP contribution in [0.1, 0.15) is 21.6 Å². The zero-order chi connectivity index (χ0) is 17.6. The van der Waals surface area contributed by atoms with E-state index in [2.05, 4.69) is 4.98 Å². The van der Waals surface area contributed by atoms with Crippen LogP contribution in [-0.4, -0.2) is 32.6 Å². The van der Waals surface area contributed by atoms with Gasteiger partial charge in [-0.1, -0.05) is 0 Å². The van der Waals surface area contributed by atoms with Crippen LogP contribution in [0.4, 0.5) is 13.2 Å². The van der Waals surface area contributed by atoms with Crippen LogP contribution in [0.15, 0.2) is 36.8 Å². The Labute approximate surface area is 128 Å². The molecule has 6 nitrogen and oxygen atoms in total. The molecule has 1 aromatic heterocycles. The highest BCUT2D eigenvalue weighted by Crippen LogP contribution is 2.13. The summed E-state index contributed by atoms with van der Waals surface area (Å²) in [6.45, 7) is 0. The second-order valence-electron chi connectivity index (χ2n) is 4.21. The molecule has 0 saturated heterocycles. The molecule has 0 fully saturated rings. The molecule has 0 atom stereocenters. The maximum absolute atomic E-state index is 12.0. The van der Waals surface area contributed by atoms with E-state index in [0.29, 0.717) is 16.8 Å². The fraction of sp³-hybridized carbons (Fsp3) is 0.143. The monoisotopic (exact) mass is 325 g/mol. The first kappa shape index (κ1) is 17.9. The second kappa shape index (κ2) is 7.22. The summed E-state index contributed by atoms with van der Waals surface area (Å²) < 4.78 is 33.4. The summed E-state index contributed by atoms with van der Waals surface area (Å²) in [7, 11) is 1.77. The Morgan fingerprint density at radius 3 is 2.13 bits per heavy atom. The van der Waals surface area contributed by atoms with E-state index in [1.807, 2.05) is 6.07 Å². The first-order valence-corrected chi connectivity index (χ1v) is 5.98. The molecule has 0 amide bonds. The highest BCUT2D eigenvalue weighted by Gasteiger charge is 2.38. The molecule has 0 aliphatic rings. The third-order valence-corrected chi connectivity index (χ3v) is 2.57. The summed E-state index contributed by atoms with van der Waals surface area (Å²) >= 11 is 0. The topological polar surface area (TPSA) is 96.0 Å². The third-order valence-electron chi connectivity index (χ3n) is 2.57. The van der Waals surface area contributed by atoms with Gasteiger partial charge in [0.1, 0.15) is 5.69 Å². The maximum Gasteiger partial charge on any atom is 0.490 e. The first-order valence-electron chi connectivity index (χ1n) is 5.98. The number of nitriles is 1. The second-order valence-corrected chi connectivity index (χ2v) is 4.21. The molecule has 1 heterocycles. The Morgan fingerprint density at radius 2 is 1.78 bits per heavy atom. The quantitative estimate of drug-likeness (QED) is 0.854. The number of halogens is 3. The van der Waals surface area contributed by atoms with Crippen molar-refractivity contribution in [3.05, 3.63) is 53.6 Å². The van der Waals surface area contributed by atoms with Crippen molar-refractivity contribution in [1.82, 2.24) is 9.55 Å². The van der Waals surface area contributed by atoms with Crippen LogP contribution in [-0.2, 0) is 11.8 Å². The lowest BCUT2D eigenvalue weighted by Gasteiger charge is -2.01. The molecule has 0 bridgehead atoms. The van der Waals surface area contributed by atoms with Gasteiger partial charge in [0.15, 0.2) is 0 Å². The number of carboxylic acid groups (broad SMARTS) is 1. The molecule has 9 heteroatoms. The Balaban J connectivity index is 0.000000322. The molecule has 0 spiro atoms. The van der Waals surface area contributed by atoms with Crippen molar-refractivity contribution >= 4 is 11.8 Å². The van der Waals surface area contributed by atoms with Gasteiger partial charge >= 0.3 is 12.1 Å². The number of aliphatic carboxylic acids is 1. The van der Waals surface area contributed by atoms with Crippen LogP contribution in [0.3, 0.4) is 0 Å². The Bertz CT molecular complexity index is 743. The van der Waals surface area contributed by atoms with E-state index in [0.717, 1.165) is 0 Å². The van der Waals surface area contributed by atoms with Gasteiger partial charge < -0.3 is 9.67 Å². The van der Waals surface area contributed by atoms with Crippen LogP contribution in [0.2, 0.25) is 0 Å². The van der Waals surface area contributed by atoms with E-state index in [1.54, 1.807) is 42.2 Å². The Hall–Kier alpha value is -3.15. The van der Waals surface area contributed by atoms with Crippen molar-refractivity contribution in [2.75, 3.05) is 0 Å². The highest BCUT2D eigenvalue weighted by atomic mass is 19.4. The molecule has 23 heavy (non-hydrogen) atoms. The zero-order valence-corrected chi connectivity index (χ0v) is 11.7. The first-order chi connectivity index (χ1) is 10.7. The molecule has 0 saturated carbocycles. The van der Waals surface area contributed by atoms with E-state index < -0.39 is 12.1 Å². The molecule has 120 valence electrons. The summed E-state index contributed by atoms with van der Waals surface area (Å²) in [5.41, 5.74) is 1.63. The molecular formula is C14H10F3N3O3. The van der Waals surface area contributed by atoms with Crippen molar-refractivity contribution < 1.29 is 27.9 Å². The number of alkyl halides is 3. The summed E-state index contributed by atoms with van der Waals surface area (Å²) in [5.74, 6) is -2.85. The summed E-state index contributed by atoms with van der Waals surface area (Å²) in [4.78, 5) is 24.8. The average molecular weight is 325 g/mol. The maximum atomic E-state index is 12.0. The molecule has 2 aromatic rings. The van der Waals surface area contributed by atoms with Crippen molar-refractivity contribution in [3.63, 3.8) is 0 Å². The zero-order valence-electron chi connectivity index (χ0n) is 11.7. The van der Waals surface area contributed by atoms with Gasteiger partial charge in [0, 0.05) is 12.6 Å². The summed E-state index contributed by atoms with van der Waals surface area (Å²) in [5, 5.41) is 15.8. The molecule has 1 N–H and O–H groups in total. The fourth-order valence-electron chi connectivity index (χ4n) is 1.42. The minimum atomic E-state index is -5.08. The van der Waals surface area contributed by atoms with Crippen molar-refractivity contribution in [3.8, 4) is 6.07 Å². The molecule has 1 aromatic carbocycles. The van der Waals surface area contributed by atoms with Gasteiger partial charge in [0.25, 0.3) is 0 Å². The van der Waals surface area contributed by atoms with Gasteiger partial charge in [0.2, 0.25) is 5.78 Å². The number of aromatic nitrogens is 2. The van der Waals surface area contributed by atoms with E-state index in [1.165, 1.54) is 6.20 Å². The number of carboxylic acids is 1. The van der Waals surface area contributed by atoms with Crippen molar-refractivity contribution in [1.29, 1.82) is 5.26 Å². The minimum Gasteiger partial charge on any atom is -0.475 e. The third kappa shape index (κ3) is 4.96. The molecule has 0 aliphatic carbocycles. The molecule has 2 rings (SSSR count). The van der Waals surface area contributed by atoms with Crippen LogP contribution >= 0.6 is 0 Å². The molecule has 0 aliphatic heterocycles. The lowest BCUT2D eigenvalue weighted by Crippen LogP contribution is -2.21. The summed E-state index contributed by atoms with van der Waals surface area (Å²) in [6, 6.07) is 8.56. The lowest BCUT2D eigenvalue weighted by atomic mass is 10.1. The number of benzene rings is 1. The SMILES string of the molecule is Cn1cncc1C(=O)c1ccc(C#N)cc1.O=C(O)C(F)(F)F. The fourth-order valence-corrected chi connectivity index (χ4v) is 1.42. The van der Waals surface area contributed by atoms with Gasteiger partial charge in [-0.05, 0) is 24.3 Å². The number of carbonyl (C=O) groups excluding carboxylic acids is 1. The van der Waals surface area contributed by atoms with Crippen LogP contribution in [0, 0.1) is 11.3 Å². The normalized spacial score (nSPS) is 10.2. The Morgan fingerprint density at radius 1 is 1.26 bits per heavy atom. The number of hydrogen-bond acceptors (Lipinski definition) is 4. The number of hydrogen-bond donors (Lipinski definition) is 1. The number of nitrogens with zero attached hydrogens (tertiary/aromatic N) is 3. The van der Waals surface area contributed by atoms with Gasteiger partial charge in [-0.15, -0.1) is 0 Å².